The van der Waals surface area contributed by atoms with Crippen molar-refractivity contribution in [3.8, 4) is 0 Å². The number of methoxy groups -OCH3 is 1. The van der Waals surface area contributed by atoms with Gasteiger partial charge in [0.1, 0.15) is 6.10 Å². The van der Waals surface area contributed by atoms with Crippen molar-refractivity contribution in [3.63, 3.8) is 0 Å². The third-order valence-corrected chi connectivity index (χ3v) is 3.42. The molecule has 0 spiro atoms. The molecule has 2 rings (SSSR count). The Morgan fingerprint density at radius 1 is 1.33 bits per heavy atom. The quantitative estimate of drug-likeness (QED) is 0.937. The van der Waals surface area contributed by atoms with E-state index in [1.165, 1.54) is 0 Å². The molecule has 6 heteroatoms. The lowest BCUT2D eigenvalue weighted by atomic mass is 10.0. The molecule has 0 saturated heterocycles. The van der Waals surface area contributed by atoms with E-state index in [4.69, 9.17) is 10.5 Å². The molecule has 0 aliphatic rings. The van der Waals surface area contributed by atoms with E-state index in [1.807, 2.05) is 37.4 Å². The van der Waals surface area contributed by atoms with Gasteiger partial charge in [0.25, 0.3) is 0 Å². The van der Waals surface area contributed by atoms with Crippen molar-refractivity contribution in [1.29, 1.82) is 0 Å². The number of aromatic nitrogens is 3. The maximum absolute atomic E-state index is 6.27. The highest BCUT2D eigenvalue weighted by molar-refractivity contribution is 9.10. The van der Waals surface area contributed by atoms with E-state index in [9.17, 15) is 0 Å². The zero-order chi connectivity index (χ0) is 13.1. The minimum atomic E-state index is -0.341. The van der Waals surface area contributed by atoms with Crippen molar-refractivity contribution < 1.29 is 4.74 Å². The topological polar surface area (TPSA) is 66.0 Å². The first kappa shape index (κ1) is 13.2. The highest BCUT2D eigenvalue weighted by Gasteiger charge is 2.26. The number of benzene rings is 1. The van der Waals surface area contributed by atoms with Crippen molar-refractivity contribution in [2.75, 3.05) is 7.11 Å². The van der Waals surface area contributed by atoms with Crippen LogP contribution in [-0.4, -0.2) is 22.1 Å². The third-order valence-electron chi connectivity index (χ3n) is 2.85. The van der Waals surface area contributed by atoms with E-state index in [0.29, 0.717) is 4.60 Å². The van der Waals surface area contributed by atoms with Crippen molar-refractivity contribution in [1.82, 2.24) is 15.0 Å². The Hall–Kier alpha value is -1.24. The SMILES string of the molecule is COC(c1ccccc1)C(N)c1c(Br)nnn1C. The molecule has 2 aromatic rings. The average Bonchev–Trinajstić information content (AvgIpc) is 2.71. The Morgan fingerprint density at radius 2 is 2.00 bits per heavy atom. The zero-order valence-electron chi connectivity index (χ0n) is 10.2. The highest BCUT2D eigenvalue weighted by Crippen LogP contribution is 2.31. The largest absolute Gasteiger partial charge is 0.375 e. The molecule has 0 aliphatic carbocycles. The van der Waals surface area contributed by atoms with Crippen LogP contribution in [0.25, 0.3) is 0 Å². The molecule has 1 aromatic heterocycles. The van der Waals surface area contributed by atoms with Gasteiger partial charge >= 0.3 is 0 Å². The van der Waals surface area contributed by atoms with Crippen molar-refractivity contribution in [2.45, 2.75) is 12.1 Å². The summed E-state index contributed by atoms with van der Waals surface area (Å²) in [6.07, 6.45) is -0.236. The smallest absolute Gasteiger partial charge is 0.153 e. The second-order valence-corrected chi connectivity index (χ2v) is 4.73. The van der Waals surface area contributed by atoms with Gasteiger partial charge in [-0.05, 0) is 21.5 Å². The van der Waals surface area contributed by atoms with Crippen LogP contribution in [0.3, 0.4) is 0 Å². The van der Waals surface area contributed by atoms with Crippen molar-refractivity contribution >= 4 is 15.9 Å². The molecule has 2 atom stereocenters. The first-order chi connectivity index (χ1) is 8.65. The van der Waals surface area contributed by atoms with Crippen LogP contribution in [0.2, 0.25) is 0 Å². The number of nitrogens with zero attached hydrogens (tertiary/aromatic N) is 3. The molecule has 5 nitrogen and oxygen atoms in total. The molecule has 18 heavy (non-hydrogen) atoms. The van der Waals surface area contributed by atoms with E-state index >= 15 is 0 Å². The molecule has 0 bridgehead atoms. The van der Waals surface area contributed by atoms with Gasteiger partial charge in [-0.25, -0.2) is 4.68 Å². The Bertz CT molecular complexity index is 495. The van der Waals surface area contributed by atoms with Crippen LogP contribution in [0.4, 0.5) is 0 Å². The van der Waals surface area contributed by atoms with Crippen LogP contribution in [0.1, 0.15) is 23.4 Å². The molecule has 2 unspecified atom stereocenters. The Morgan fingerprint density at radius 3 is 2.50 bits per heavy atom. The van der Waals surface area contributed by atoms with E-state index in [-0.39, 0.29) is 12.1 Å². The van der Waals surface area contributed by atoms with Crippen LogP contribution < -0.4 is 5.73 Å². The standard InChI is InChI=1S/C12H15BrN4O/c1-17-10(12(13)15-16-17)9(14)11(18-2)8-6-4-3-5-7-8/h3-7,9,11H,14H2,1-2H3. The normalized spacial score (nSPS) is 14.4. The fourth-order valence-corrected chi connectivity index (χ4v) is 2.56. The summed E-state index contributed by atoms with van der Waals surface area (Å²) in [6, 6.07) is 9.53. The summed E-state index contributed by atoms with van der Waals surface area (Å²) in [7, 11) is 3.46. The molecule has 0 saturated carbocycles. The minimum Gasteiger partial charge on any atom is -0.375 e. The van der Waals surface area contributed by atoms with Gasteiger partial charge < -0.3 is 10.5 Å². The summed E-state index contributed by atoms with van der Waals surface area (Å²) in [6.45, 7) is 0. The predicted molar refractivity (Wildman–Crippen MR) is 71.8 cm³/mol. The maximum atomic E-state index is 6.27. The van der Waals surface area contributed by atoms with Gasteiger partial charge in [-0.2, -0.15) is 0 Å². The van der Waals surface area contributed by atoms with E-state index in [0.717, 1.165) is 11.3 Å². The van der Waals surface area contributed by atoms with Crippen LogP contribution in [0.15, 0.2) is 34.9 Å². The molecular formula is C12H15BrN4O. The Labute approximate surface area is 114 Å². The summed E-state index contributed by atoms with van der Waals surface area (Å²) in [5, 5.41) is 7.87. The predicted octanol–water partition coefficient (Wildman–Crippen LogP) is 1.97. The van der Waals surface area contributed by atoms with Crippen LogP contribution in [0.5, 0.6) is 0 Å². The van der Waals surface area contributed by atoms with Gasteiger partial charge in [0.2, 0.25) is 0 Å². The lowest BCUT2D eigenvalue weighted by Gasteiger charge is -2.23. The number of ether oxygens (including phenoxy) is 1. The highest BCUT2D eigenvalue weighted by atomic mass is 79.9. The van der Waals surface area contributed by atoms with Crippen molar-refractivity contribution in [3.05, 3.63) is 46.2 Å². The second-order valence-electron chi connectivity index (χ2n) is 3.98. The number of rotatable bonds is 4. The minimum absolute atomic E-state index is 0.236. The fraction of sp³-hybridized carbons (Fsp3) is 0.333. The number of aryl methyl sites for hydroxylation is 1. The molecule has 96 valence electrons. The first-order valence-electron chi connectivity index (χ1n) is 5.53. The number of hydrogen-bond acceptors (Lipinski definition) is 4. The molecule has 0 radical (unpaired) electrons. The van der Waals surface area contributed by atoms with Crippen LogP contribution >= 0.6 is 15.9 Å². The maximum Gasteiger partial charge on any atom is 0.153 e. The number of halogens is 1. The molecule has 0 amide bonds. The Kier molecular flexibility index (Phi) is 4.11. The fourth-order valence-electron chi connectivity index (χ4n) is 1.97. The summed E-state index contributed by atoms with van der Waals surface area (Å²) >= 11 is 3.36. The van der Waals surface area contributed by atoms with E-state index < -0.39 is 0 Å². The molecule has 1 aromatic carbocycles. The number of hydrogen-bond donors (Lipinski definition) is 1. The van der Waals surface area contributed by atoms with Gasteiger partial charge in [-0.15, -0.1) is 5.10 Å². The Balaban J connectivity index is 2.34. The van der Waals surface area contributed by atoms with E-state index in [1.54, 1.807) is 11.8 Å². The van der Waals surface area contributed by atoms with Gasteiger partial charge in [-0.1, -0.05) is 35.5 Å². The molecule has 2 N–H and O–H groups in total. The van der Waals surface area contributed by atoms with Crippen LogP contribution in [-0.2, 0) is 11.8 Å². The summed E-state index contributed by atoms with van der Waals surface area (Å²) < 4.78 is 7.82. The van der Waals surface area contributed by atoms with Gasteiger partial charge in [0.15, 0.2) is 4.60 Å². The van der Waals surface area contributed by atoms with Gasteiger partial charge in [0.05, 0.1) is 11.7 Å². The second kappa shape index (κ2) is 5.60. The lowest BCUT2D eigenvalue weighted by Crippen LogP contribution is -2.24. The zero-order valence-corrected chi connectivity index (χ0v) is 11.8. The van der Waals surface area contributed by atoms with Gasteiger partial charge in [-0.3, -0.25) is 0 Å². The monoisotopic (exact) mass is 310 g/mol. The molecule has 1 heterocycles. The summed E-state index contributed by atoms with van der Waals surface area (Å²) in [4.78, 5) is 0. The summed E-state index contributed by atoms with van der Waals surface area (Å²) in [5.74, 6) is 0. The molecule has 0 aliphatic heterocycles. The van der Waals surface area contributed by atoms with Crippen molar-refractivity contribution in [2.24, 2.45) is 12.8 Å². The third kappa shape index (κ3) is 2.45. The van der Waals surface area contributed by atoms with E-state index in [2.05, 4.69) is 26.2 Å². The first-order valence-corrected chi connectivity index (χ1v) is 6.33. The average molecular weight is 311 g/mol. The lowest BCUT2D eigenvalue weighted by molar-refractivity contribution is 0.0776. The van der Waals surface area contributed by atoms with Crippen LogP contribution in [0, 0.1) is 0 Å². The number of nitrogens with two attached hydrogens (primary N) is 1. The summed E-state index contributed by atoms with van der Waals surface area (Å²) in [5.41, 5.74) is 8.11. The van der Waals surface area contributed by atoms with Gasteiger partial charge in [0, 0.05) is 14.2 Å². The molecule has 0 fully saturated rings. The molecular weight excluding hydrogens is 296 g/mol.